The molecule has 1 amide bonds. The molecule has 7 nitrogen and oxygen atoms in total. The first-order valence-electron chi connectivity index (χ1n) is 9.23. The Kier molecular flexibility index (Phi) is 4.90. The first kappa shape index (κ1) is 18.4. The maximum Gasteiger partial charge on any atom is 0.256 e. The van der Waals surface area contributed by atoms with Crippen LogP contribution in [-0.2, 0) is 10.0 Å². The first-order valence-corrected chi connectivity index (χ1v) is 10.7. The lowest BCUT2D eigenvalue weighted by Gasteiger charge is -2.34. The van der Waals surface area contributed by atoms with Gasteiger partial charge in [-0.2, -0.15) is 0 Å². The predicted molar refractivity (Wildman–Crippen MR) is 103 cm³/mol. The lowest BCUT2D eigenvalue weighted by atomic mass is 10.0. The van der Waals surface area contributed by atoms with Gasteiger partial charge < -0.3 is 10.4 Å². The van der Waals surface area contributed by atoms with Crippen molar-refractivity contribution in [1.82, 2.24) is 9.62 Å². The van der Waals surface area contributed by atoms with Gasteiger partial charge in [-0.1, -0.05) is 18.6 Å². The standard InChI is InChI=1S/C19H23N3O4S/c23-12-13-4-1-2-10-22(13)11-9-20-27(25,26)17-8-7-16-18-14(17)5-3-6-15(18)19(24)21-16/h3,5-8,13,20,23H,1-2,4,9-12H2,(H,21,24). The van der Waals surface area contributed by atoms with Crippen molar-refractivity contribution in [3.05, 3.63) is 35.9 Å². The van der Waals surface area contributed by atoms with Crippen LogP contribution in [0.4, 0.5) is 5.69 Å². The van der Waals surface area contributed by atoms with Crippen molar-refractivity contribution in [3.63, 3.8) is 0 Å². The highest BCUT2D eigenvalue weighted by molar-refractivity contribution is 7.89. The fourth-order valence-electron chi connectivity index (χ4n) is 4.06. The third kappa shape index (κ3) is 3.34. The zero-order chi connectivity index (χ0) is 19.0. The van der Waals surface area contributed by atoms with E-state index in [0.29, 0.717) is 28.6 Å². The molecule has 0 radical (unpaired) electrons. The third-order valence-corrected chi connectivity index (χ3v) is 6.95. The molecule has 2 heterocycles. The van der Waals surface area contributed by atoms with E-state index in [4.69, 9.17) is 0 Å². The van der Waals surface area contributed by atoms with Gasteiger partial charge in [0.05, 0.1) is 11.5 Å². The summed E-state index contributed by atoms with van der Waals surface area (Å²) in [5.74, 6) is -0.210. The number of carbonyl (C=O) groups excluding carboxylic acids is 1. The van der Waals surface area contributed by atoms with Crippen LogP contribution in [0.15, 0.2) is 35.2 Å². The zero-order valence-corrected chi connectivity index (χ0v) is 15.8. The highest BCUT2D eigenvalue weighted by Crippen LogP contribution is 2.36. The van der Waals surface area contributed by atoms with E-state index in [2.05, 4.69) is 14.9 Å². The van der Waals surface area contributed by atoms with Crippen molar-refractivity contribution in [2.45, 2.75) is 30.2 Å². The van der Waals surface area contributed by atoms with Crippen LogP contribution in [0.3, 0.4) is 0 Å². The summed E-state index contributed by atoms with van der Waals surface area (Å²) in [6.07, 6.45) is 3.11. The molecule has 27 heavy (non-hydrogen) atoms. The van der Waals surface area contributed by atoms with E-state index in [1.807, 2.05) is 0 Å². The minimum atomic E-state index is -3.71. The Morgan fingerprint density at radius 2 is 2.07 bits per heavy atom. The summed E-state index contributed by atoms with van der Waals surface area (Å²) in [5.41, 5.74) is 1.14. The molecule has 0 aliphatic carbocycles. The number of hydrogen-bond acceptors (Lipinski definition) is 5. The van der Waals surface area contributed by atoms with Crippen molar-refractivity contribution in [1.29, 1.82) is 0 Å². The molecule has 2 aliphatic heterocycles. The SMILES string of the molecule is O=C1Nc2ccc(S(=O)(=O)NCCN3CCCCC3CO)c3cccc1c23. The number of amides is 1. The van der Waals surface area contributed by atoms with E-state index in [0.717, 1.165) is 25.8 Å². The largest absolute Gasteiger partial charge is 0.395 e. The van der Waals surface area contributed by atoms with Gasteiger partial charge in [0.2, 0.25) is 10.0 Å². The van der Waals surface area contributed by atoms with E-state index in [1.54, 1.807) is 24.3 Å². The van der Waals surface area contributed by atoms with Gasteiger partial charge >= 0.3 is 0 Å². The maximum absolute atomic E-state index is 12.9. The zero-order valence-electron chi connectivity index (χ0n) is 14.9. The fraction of sp³-hybridized carbons (Fsp3) is 0.421. The van der Waals surface area contributed by atoms with Gasteiger partial charge in [-0.15, -0.1) is 0 Å². The summed E-state index contributed by atoms with van der Waals surface area (Å²) >= 11 is 0. The second kappa shape index (κ2) is 7.20. The average Bonchev–Trinajstić information content (AvgIpc) is 3.00. The van der Waals surface area contributed by atoms with Gasteiger partial charge in [0.15, 0.2) is 0 Å². The van der Waals surface area contributed by atoms with Crippen molar-refractivity contribution in [3.8, 4) is 0 Å². The lowest BCUT2D eigenvalue weighted by Crippen LogP contribution is -2.45. The van der Waals surface area contributed by atoms with Crippen LogP contribution in [0.2, 0.25) is 0 Å². The minimum Gasteiger partial charge on any atom is -0.395 e. The number of anilines is 1. The summed E-state index contributed by atoms with van der Waals surface area (Å²) in [4.78, 5) is 14.3. The molecule has 0 bridgehead atoms. The van der Waals surface area contributed by atoms with E-state index in [1.165, 1.54) is 6.07 Å². The topological polar surface area (TPSA) is 98.7 Å². The second-order valence-electron chi connectivity index (χ2n) is 7.06. The molecule has 2 aromatic rings. The Morgan fingerprint density at radius 3 is 2.89 bits per heavy atom. The molecule has 4 rings (SSSR count). The molecule has 144 valence electrons. The summed E-state index contributed by atoms with van der Waals surface area (Å²) in [5, 5.41) is 13.4. The number of piperidine rings is 1. The van der Waals surface area contributed by atoms with Crippen LogP contribution in [0.1, 0.15) is 29.6 Å². The van der Waals surface area contributed by atoms with Gasteiger partial charge in [-0.3, -0.25) is 9.69 Å². The van der Waals surface area contributed by atoms with Crippen LogP contribution in [0.5, 0.6) is 0 Å². The Labute approximate surface area is 158 Å². The number of benzene rings is 2. The van der Waals surface area contributed by atoms with Gasteiger partial charge in [0.1, 0.15) is 0 Å². The molecule has 2 aromatic carbocycles. The Hall–Kier alpha value is -2.00. The Balaban J connectivity index is 1.55. The summed E-state index contributed by atoms with van der Waals surface area (Å²) in [6, 6.07) is 8.40. The number of sulfonamides is 1. The number of rotatable bonds is 6. The number of aliphatic hydroxyl groups is 1. The fourth-order valence-corrected chi connectivity index (χ4v) is 5.28. The lowest BCUT2D eigenvalue weighted by molar-refractivity contribution is 0.0923. The molecule has 0 saturated carbocycles. The molecule has 8 heteroatoms. The van der Waals surface area contributed by atoms with E-state index in [-0.39, 0.29) is 30.0 Å². The van der Waals surface area contributed by atoms with E-state index < -0.39 is 10.0 Å². The molecule has 1 fully saturated rings. The van der Waals surface area contributed by atoms with Crippen LogP contribution in [-0.4, -0.2) is 56.6 Å². The maximum atomic E-state index is 12.9. The van der Waals surface area contributed by atoms with Crippen molar-refractivity contribution >= 4 is 32.4 Å². The number of hydrogen-bond donors (Lipinski definition) is 3. The number of carbonyl (C=O) groups is 1. The van der Waals surface area contributed by atoms with Gasteiger partial charge in [-0.05, 0) is 37.6 Å². The summed E-state index contributed by atoms with van der Waals surface area (Å²) < 4.78 is 28.4. The molecule has 1 atom stereocenters. The highest BCUT2D eigenvalue weighted by atomic mass is 32.2. The Morgan fingerprint density at radius 1 is 1.22 bits per heavy atom. The molecule has 2 aliphatic rings. The highest BCUT2D eigenvalue weighted by Gasteiger charge is 2.27. The predicted octanol–water partition coefficient (Wildman–Crippen LogP) is 1.53. The number of nitrogens with zero attached hydrogens (tertiary/aromatic N) is 1. The third-order valence-electron chi connectivity index (χ3n) is 5.43. The second-order valence-corrected chi connectivity index (χ2v) is 8.79. The number of aliphatic hydroxyl groups excluding tert-OH is 1. The first-order chi connectivity index (χ1) is 13.0. The van der Waals surface area contributed by atoms with Crippen LogP contribution < -0.4 is 10.0 Å². The molecule has 1 unspecified atom stereocenters. The van der Waals surface area contributed by atoms with Crippen LogP contribution in [0.25, 0.3) is 10.8 Å². The van der Waals surface area contributed by atoms with Gasteiger partial charge in [0.25, 0.3) is 5.91 Å². The molecule has 0 aromatic heterocycles. The van der Waals surface area contributed by atoms with E-state index >= 15 is 0 Å². The molecular formula is C19H23N3O4S. The Bertz CT molecular complexity index is 990. The normalized spacial score (nSPS) is 20.2. The van der Waals surface area contributed by atoms with Crippen molar-refractivity contribution in [2.24, 2.45) is 0 Å². The molecular weight excluding hydrogens is 366 g/mol. The van der Waals surface area contributed by atoms with Crippen LogP contribution >= 0.6 is 0 Å². The number of likely N-dealkylation sites (tertiary alicyclic amines) is 1. The summed E-state index contributed by atoms with van der Waals surface area (Å²) in [6.45, 7) is 1.81. The molecule has 0 spiro atoms. The smallest absolute Gasteiger partial charge is 0.256 e. The summed E-state index contributed by atoms with van der Waals surface area (Å²) in [7, 11) is -3.71. The quantitative estimate of drug-likeness (QED) is 0.696. The van der Waals surface area contributed by atoms with Gasteiger partial charge in [0, 0.05) is 41.2 Å². The van der Waals surface area contributed by atoms with Crippen LogP contribution in [0, 0.1) is 0 Å². The molecule has 1 saturated heterocycles. The minimum absolute atomic E-state index is 0.0999. The van der Waals surface area contributed by atoms with Crippen molar-refractivity contribution < 1.29 is 18.3 Å². The van der Waals surface area contributed by atoms with Crippen molar-refractivity contribution in [2.75, 3.05) is 31.6 Å². The van der Waals surface area contributed by atoms with E-state index in [9.17, 15) is 18.3 Å². The molecule has 3 N–H and O–H groups in total. The number of nitrogens with one attached hydrogen (secondary N) is 2. The average molecular weight is 389 g/mol. The van der Waals surface area contributed by atoms with Gasteiger partial charge in [-0.25, -0.2) is 13.1 Å². The monoisotopic (exact) mass is 389 g/mol.